The van der Waals surface area contributed by atoms with Crippen LogP contribution in [0.3, 0.4) is 0 Å². The highest BCUT2D eigenvalue weighted by Crippen LogP contribution is 2.19. The number of nitrogens with two attached hydrogens (primary N) is 1. The van der Waals surface area contributed by atoms with Gasteiger partial charge >= 0.3 is 0 Å². The standard InChI is InChI=1S/C11H17FN2O4S2/c1-8(2)5-6-19(15,16)14-11-4-3-9(7-10(11)12)20(13,17)18/h3-4,7-8,14H,5-6H2,1-2H3,(H2,13,17,18). The zero-order chi connectivity index (χ0) is 15.6. The Balaban J connectivity index is 2.94. The SMILES string of the molecule is CC(C)CCS(=O)(=O)Nc1ccc(S(N)(=O)=O)cc1F. The second-order valence-corrected chi connectivity index (χ2v) is 8.19. The minimum Gasteiger partial charge on any atom is -0.281 e. The fraction of sp³-hybridized carbons (Fsp3) is 0.455. The molecule has 1 rings (SSSR count). The third kappa shape index (κ3) is 5.06. The molecule has 0 fully saturated rings. The van der Waals surface area contributed by atoms with Gasteiger partial charge in [0.2, 0.25) is 20.0 Å². The number of hydrogen-bond donors (Lipinski definition) is 2. The highest BCUT2D eigenvalue weighted by molar-refractivity contribution is 7.92. The van der Waals surface area contributed by atoms with Crippen molar-refractivity contribution in [1.82, 2.24) is 0 Å². The van der Waals surface area contributed by atoms with Crippen molar-refractivity contribution in [2.45, 2.75) is 25.2 Å². The van der Waals surface area contributed by atoms with Gasteiger partial charge in [-0.25, -0.2) is 26.4 Å². The Morgan fingerprint density at radius 2 is 1.85 bits per heavy atom. The average Bonchev–Trinajstić information content (AvgIpc) is 2.28. The molecule has 0 atom stereocenters. The Labute approximate surface area is 118 Å². The van der Waals surface area contributed by atoms with Crippen molar-refractivity contribution in [3.8, 4) is 0 Å². The van der Waals surface area contributed by atoms with Gasteiger partial charge in [-0.1, -0.05) is 13.8 Å². The van der Waals surface area contributed by atoms with Crippen molar-refractivity contribution in [2.75, 3.05) is 10.5 Å². The smallest absolute Gasteiger partial charge is 0.238 e. The molecule has 114 valence electrons. The number of primary sulfonamides is 1. The van der Waals surface area contributed by atoms with E-state index in [1.807, 2.05) is 13.8 Å². The quantitative estimate of drug-likeness (QED) is 0.821. The first-order valence-corrected chi connectivity index (χ1v) is 9.04. The number of nitrogens with one attached hydrogen (secondary N) is 1. The summed E-state index contributed by atoms with van der Waals surface area (Å²) in [5, 5.41) is 4.85. The monoisotopic (exact) mass is 324 g/mol. The van der Waals surface area contributed by atoms with E-state index in [0.717, 1.165) is 12.1 Å². The van der Waals surface area contributed by atoms with Crippen molar-refractivity contribution in [2.24, 2.45) is 11.1 Å². The molecule has 20 heavy (non-hydrogen) atoms. The lowest BCUT2D eigenvalue weighted by Gasteiger charge is -2.10. The predicted octanol–water partition coefficient (Wildman–Crippen LogP) is 1.26. The number of sulfonamides is 2. The molecule has 0 aliphatic carbocycles. The molecule has 1 aromatic rings. The molecular weight excluding hydrogens is 307 g/mol. The topological polar surface area (TPSA) is 106 Å². The predicted molar refractivity (Wildman–Crippen MR) is 74.6 cm³/mol. The van der Waals surface area contributed by atoms with Crippen LogP contribution in [-0.2, 0) is 20.0 Å². The van der Waals surface area contributed by atoms with E-state index >= 15 is 0 Å². The third-order valence-electron chi connectivity index (χ3n) is 2.50. The summed E-state index contributed by atoms with van der Waals surface area (Å²) < 4.78 is 61.2. The fourth-order valence-corrected chi connectivity index (χ4v) is 3.27. The summed E-state index contributed by atoms with van der Waals surface area (Å²) in [6.07, 6.45) is 0.437. The molecule has 9 heteroatoms. The van der Waals surface area contributed by atoms with Crippen molar-refractivity contribution >= 4 is 25.7 Å². The Bertz CT molecular complexity index is 684. The lowest BCUT2D eigenvalue weighted by molar-refractivity contribution is 0.576. The first-order valence-electron chi connectivity index (χ1n) is 5.84. The van der Waals surface area contributed by atoms with E-state index in [1.54, 1.807) is 0 Å². The molecule has 0 spiro atoms. The molecule has 0 saturated heterocycles. The van der Waals surface area contributed by atoms with Crippen LogP contribution in [0, 0.1) is 11.7 Å². The molecule has 0 aliphatic heterocycles. The van der Waals surface area contributed by atoms with E-state index in [9.17, 15) is 21.2 Å². The van der Waals surface area contributed by atoms with Crippen LogP contribution >= 0.6 is 0 Å². The molecule has 0 heterocycles. The Hall–Kier alpha value is -1.19. The molecule has 0 aliphatic rings. The molecule has 0 unspecified atom stereocenters. The van der Waals surface area contributed by atoms with E-state index in [4.69, 9.17) is 5.14 Å². The zero-order valence-corrected chi connectivity index (χ0v) is 12.8. The normalized spacial score (nSPS) is 12.7. The average molecular weight is 324 g/mol. The Kier molecular flexibility index (Phi) is 5.11. The van der Waals surface area contributed by atoms with Gasteiger partial charge < -0.3 is 0 Å². The summed E-state index contributed by atoms with van der Waals surface area (Å²) in [6, 6.07) is 2.75. The molecule has 6 nitrogen and oxygen atoms in total. The fourth-order valence-electron chi connectivity index (χ4n) is 1.36. The minimum absolute atomic E-state index is 0.138. The van der Waals surface area contributed by atoms with E-state index in [-0.39, 0.29) is 17.4 Å². The molecule has 0 aromatic heterocycles. The van der Waals surface area contributed by atoms with Crippen LogP contribution in [-0.4, -0.2) is 22.6 Å². The largest absolute Gasteiger partial charge is 0.281 e. The lowest BCUT2D eigenvalue weighted by atomic mass is 10.2. The third-order valence-corrected chi connectivity index (χ3v) is 4.71. The number of hydrogen-bond acceptors (Lipinski definition) is 4. The summed E-state index contributed by atoms with van der Waals surface area (Å²) in [7, 11) is -7.70. The second-order valence-electron chi connectivity index (χ2n) is 4.79. The van der Waals surface area contributed by atoms with E-state index in [1.165, 1.54) is 0 Å². The van der Waals surface area contributed by atoms with Crippen LogP contribution in [0.15, 0.2) is 23.1 Å². The number of halogens is 1. The van der Waals surface area contributed by atoms with Crippen LogP contribution < -0.4 is 9.86 Å². The first kappa shape index (κ1) is 16.9. The molecule has 0 saturated carbocycles. The summed E-state index contributed by atoms with van der Waals surface area (Å²) >= 11 is 0. The van der Waals surface area contributed by atoms with Crippen molar-refractivity contribution < 1.29 is 21.2 Å². The first-order chi connectivity index (χ1) is 9.01. The maximum Gasteiger partial charge on any atom is 0.238 e. The van der Waals surface area contributed by atoms with Gasteiger partial charge in [0.25, 0.3) is 0 Å². The van der Waals surface area contributed by atoms with Gasteiger partial charge in [-0.2, -0.15) is 0 Å². The lowest BCUT2D eigenvalue weighted by Crippen LogP contribution is -2.19. The van der Waals surface area contributed by atoms with Gasteiger partial charge in [-0.05, 0) is 30.5 Å². The van der Waals surface area contributed by atoms with E-state index in [2.05, 4.69) is 4.72 Å². The Morgan fingerprint density at radius 1 is 1.25 bits per heavy atom. The van der Waals surface area contributed by atoms with Crippen LogP contribution in [0.1, 0.15) is 20.3 Å². The summed E-state index contributed by atoms with van der Waals surface area (Å²) in [4.78, 5) is -0.417. The van der Waals surface area contributed by atoms with Crippen LogP contribution in [0.2, 0.25) is 0 Å². The van der Waals surface area contributed by atoms with Crippen molar-refractivity contribution in [3.05, 3.63) is 24.0 Å². The molecule has 1 aromatic carbocycles. The van der Waals surface area contributed by atoms with Gasteiger partial charge in [-0.15, -0.1) is 0 Å². The highest BCUT2D eigenvalue weighted by atomic mass is 32.2. The minimum atomic E-state index is -4.02. The molecule has 0 amide bonds. The molecule has 0 radical (unpaired) electrons. The van der Waals surface area contributed by atoms with Gasteiger partial charge in [0.05, 0.1) is 16.3 Å². The second kappa shape index (κ2) is 6.06. The number of benzene rings is 1. The summed E-state index contributed by atoms with van der Waals surface area (Å²) in [5.74, 6) is -0.938. The van der Waals surface area contributed by atoms with Gasteiger partial charge in [0, 0.05) is 0 Å². The zero-order valence-electron chi connectivity index (χ0n) is 11.1. The van der Waals surface area contributed by atoms with Crippen molar-refractivity contribution in [3.63, 3.8) is 0 Å². The molecular formula is C11H17FN2O4S2. The van der Waals surface area contributed by atoms with Gasteiger partial charge in [0.1, 0.15) is 5.82 Å². The van der Waals surface area contributed by atoms with Crippen LogP contribution in [0.25, 0.3) is 0 Å². The molecule has 0 bridgehead atoms. The van der Waals surface area contributed by atoms with E-state index in [0.29, 0.717) is 12.5 Å². The Morgan fingerprint density at radius 3 is 2.30 bits per heavy atom. The number of anilines is 1. The highest BCUT2D eigenvalue weighted by Gasteiger charge is 2.16. The summed E-state index contributed by atoms with van der Waals surface area (Å²) in [6.45, 7) is 3.74. The van der Waals surface area contributed by atoms with Gasteiger partial charge in [-0.3, -0.25) is 4.72 Å². The van der Waals surface area contributed by atoms with E-state index < -0.39 is 30.8 Å². The maximum absolute atomic E-state index is 13.7. The number of rotatable bonds is 6. The van der Waals surface area contributed by atoms with Crippen LogP contribution in [0.4, 0.5) is 10.1 Å². The maximum atomic E-state index is 13.7. The van der Waals surface area contributed by atoms with Crippen molar-refractivity contribution in [1.29, 1.82) is 0 Å². The van der Waals surface area contributed by atoms with Crippen LogP contribution in [0.5, 0.6) is 0 Å². The summed E-state index contributed by atoms with van der Waals surface area (Å²) in [5.41, 5.74) is -0.304. The molecule has 3 N–H and O–H groups in total. The van der Waals surface area contributed by atoms with Gasteiger partial charge in [0.15, 0.2) is 0 Å².